The van der Waals surface area contributed by atoms with Crippen LogP contribution < -0.4 is 10.3 Å². The van der Waals surface area contributed by atoms with Crippen molar-refractivity contribution >= 4 is 21.6 Å². The molecule has 0 bridgehead atoms. The van der Waals surface area contributed by atoms with Crippen molar-refractivity contribution in [3.8, 4) is 5.75 Å². The van der Waals surface area contributed by atoms with Crippen molar-refractivity contribution < 1.29 is 13.2 Å². The number of pyridine rings is 1. The van der Waals surface area contributed by atoms with Gasteiger partial charge >= 0.3 is 0 Å². The smallest absolute Gasteiger partial charge is 0.250 e. The Balaban J connectivity index is 1.74. The van der Waals surface area contributed by atoms with E-state index in [2.05, 4.69) is 0 Å². The summed E-state index contributed by atoms with van der Waals surface area (Å²) in [5.41, 5.74) is -0.275. The Morgan fingerprint density at radius 1 is 1.08 bits per heavy atom. The van der Waals surface area contributed by atoms with Crippen LogP contribution in [-0.4, -0.2) is 37.0 Å². The number of aromatic nitrogens is 1. The first kappa shape index (κ1) is 18.0. The molecule has 1 aliphatic rings. The predicted octanol–water partition coefficient (Wildman–Crippen LogP) is 2.37. The van der Waals surface area contributed by atoms with Crippen molar-refractivity contribution in [3.05, 3.63) is 58.0 Å². The van der Waals surface area contributed by atoms with E-state index in [9.17, 15) is 13.2 Å². The molecule has 25 heavy (non-hydrogen) atoms. The van der Waals surface area contributed by atoms with Gasteiger partial charge in [0.05, 0.1) is 16.5 Å². The first-order valence-electron chi connectivity index (χ1n) is 8.06. The lowest BCUT2D eigenvalue weighted by atomic mass is 10.3. The van der Waals surface area contributed by atoms with Gasteiger partial charge in [-0.3, -0.25) is 4.79 Å². The van der Waals surface area contributed by atoms with E-state index in [0.29, 0.717) is 23.9 Å². The van der Waals surface area contributed by atoms with E-state index in [-0.39, 0.29) is 23.6 Å². The molecule has 0 unspecified atom stereocenters. The average Bonchev–Trinajstić information content (AvgIpc) is 3.13. The molecule has 6 nitrogen and oxygen atoms in total. The summed E-state index contributed by atoms with van der Waals surface area (Å²) in [7, 11) is -3.55. The third kappa shape index (κ3) is 4.05. The Morgan fingerprint density at radius 2 is 1.80 bits per heavy atom. The molecule has 2 aromatic rings. The maximum absolute atomic E-state index is 12.6. The van der Waals surface area contributed by atoms with Crippen LogP contribution in [0, 0.1) is 0 Å². The lowest BCUT2D eigenvalue weighted by Gasteiger charge is -2.16. The topological polar surface area (TPSA) is 68.6 Å². The number of benzene rings is 1. The lowest BCUT2D eigenvalue weighted by Crippen LogP contribution is -2.30. The molecule has 2 heterocycles. The van der Waals surface area contributed by atoms with Crippen molar-refractivity contribution in [2.45, 2.75) is 24.3 Å². The number of hydrogen-bond acceptors (Lipinski definition) is 4. The van der Waals surface area contributed by atoms with Gasteiger partial charge in [-0.2, -0.15) is 4.31 Å². The van der Waals surface area contributed by atoms with Gasteiger partial charge in [-0.15, -0.1) is 0 Å². The SMILES string of the molecule is O=c1ccc(S(=O)(=O)N2CCCC2)cn1CCOc1ccccc1Cl. The van der Waals surface area contributed by atoms with Gasteiger partial charge in [-0.1, -0.05) is 23.7 Å². The molecule has 1 aromatic heterocycles. The van der Waals surface area contributed by atoms with E-state index in [1.807, 2.05) is 0 Å². The van der Waals surface area contributed by atoms with Crippen molar-refractivity contribution in [1.29, 1.82) is 0 Å². The molecule has 3 rings (SSSR count). The van der Waals surface area contributed by atoms with Crippen LogP contribution in [-0.2, 0) is 16.6 Å². The minimum absolute atomic E-state index is 0.131. The summed E-state index contributed by atoms with van der Waals surface area (Å²) in [4.78, 5) is 12.1. The molecule has 134 valence electrons. The highest BCUT2D eigenvalue weighted by molar-refractivity contribution is 7.89. The van der Waals surface area contributed by atoms with Crippen molar-refractivity contribution in [2.75, 3.05) is 19.7 Å². The van der Waals surface area contributed by atoms with Crippen LogP contribution in [0.5, 0.6) is 5.75 Å². The zero-order valence-electron chi connectivity index (χ0n) is 13.6. The van der Waals surface area contributed by atoms with E-state index in [1.54, 1.807) is 24.3 Å². The second-order valence-corrected chi connectivity index (χ2v) is 8.13. The highest BCUT2D eigenvalue weighted by atomic mass is 35.5. The van der Waals surface area contributed by atoms with Crippen LogP contribution in [0.2, 0.25) is 5.02 Å². The third-order valence-electron chi connectivity index (χ3n) is 4.09. The molecule has 0 atom stereocenters. The Kier molecular flexibility index (Phi) is 5.46. The quantitative estimate of drug-likeness (QED) is 0.769. The van der Waals surface area contributed by atoms with Gasteiger partial charge in [0.1, 0.15) is 12.4 Å². The summed E-state index contributed by atoms with van der Waals surface area (Å²) in [5, 5.41) is 0.486. The van der Waals surface area contributed by atoms with Gasteiger partial charge in [-0.25, -0.2) is 8.42 Å². The Morgan fingerprint density at radius 3 is 2.52 bits per heavy atom. The van der Waals surface area contributed by atoms with Crippen LogP contribution in [0.3, 0.4) is 0 Å². The fourth-order valence-corrected chi connectivity index (χ4v) is 4.46. The maximum Gasteiger partial charge on any atom is 0.250 e. The summed E-state index contributed by atoms with van der Waals surface area (Å²) in [5.74, 6) is 0.526. The molecule has 0 saturated carbocycles. The highest BCUT2D eigenvalue weighted by Crippen LogP contribution is 2.23. The normalized spacial score (nSPS) is 15.4. The molecule has 1 aromatic carbocycles. The number of halogens is 1. The van der Waals surface area contributed by atoms with E-state index in [0.717, 1.165) is 12.8 Å². The second-order valence-electron chi connectivity index (χ2n) is 5.79. The summed E-state index contributed by atoms with van der Waals surface area (Å²) in [6.45, 7) is 1.48. The molecule has 0 amide bonds. The fourth-order valence-electron chi connectivity index (χ4n) is 2.73. The third-order valence-corrected chi connectivity index (χ3v) is 6.28. The molecule has 1 aliphatic heterocycles. The summed E-state index contributed by atoms with van der Waals surface area (Å²) < 4.78 is 33.6. The number of ether oxygens (including phenoxy) is 1. The van der Waals surface area contributed by atoms with Crippen molar-refractivity contribution in [1.82, 2.24) is 8.87 Å². The minimum Gasteiger partial charge on any atom is -0.490 e. The van der Waals surface area contributed by atoms with Crippen LogP contribution in [0.4, 0.5) is 0 Å². The van der Waals surface area contributed by atoms with E-state index >= 15 is 0 Å². The van der Waals surface area contributed by atoms with Gasteiger partial charge < -0.3 is 9.30 Å². The molecule has 0 radical (unpaired) electrons. The average molecular weight is 383 g/mol. The van der Waals surface area contributed by atoms with E-state index < -0.39 is 10.0 Å². The molecular weight excluding hydrogens is 364 g/mol. The van der Waals surface area contributed by atoms with Gasteiger partial charge in [0.25, 0.3) is 5.56 Å². The Labute approximate surface area is 151 Å². The van der Waals surface area contributed by atoms with Crippen molar-refractivity contribution in [3.63, 3.8) is 0 Å². The first-order chi connectivity index (χ1) is 12.0. The number of sulfonamides is 1. The van der Waals surface area contributed by atoms with E-state index in [1.165, 1.54) is 27.2 Å². The van der Waals surface area contributed by atoms with Gasteiger partial charge in [-0.05, 0) is 31.0 Å². The first-order valence-corrected chi connectivity index (χ1v) is 9.88. The van der Waals surface area contributed by atoms with Gasteiger partial charge in [0, 0.05) is 25.4 Å². The van der Waals surface area contributed by atoms with Crippen LogP contribution in [0.15, 0.2) is 52.3 Å². The number of hydrogen-bond donors (Lipinski definition) is 0. The predicted molar refractivity (Wildman–Crippen MR) is 95.6 cm³/mol. The lowest BCUT2D eigenvalue weighted by molar-refractivity contribution is 0.296. The molecule has 0 aliphatic carbocycles. The standard InChI is InChI=1S/C17H19ClN2O4S/c18-15-5-1-2-6-16(15)24-12-11-19-13-14(7-8-17(19)21)25(22,23)20-9-3-4-10-20/h1-2,5-8,13H,3-4,9-12H2. The monoisotopic (exact) mass is 382 g/mol. The molecule has 0 spiro atoms. The fraction of sp³-hybridized carbons (Fsp3) is 0.353. The molecular formula is C17H19ClN2O4S. The minimum atomic E-state index is -3.55. The largest absolute Gasteiger partial charge is 0.490 e. The zero-order chi connectivity index (χ0) is 17.9. The Bertz CT molecular complexity index is 905. The number of para-hydroxylation sites is 1. The maximum atomic E-state index is 12.6. The molecule has 0 N–H and O–H groups in total. The van der Waals surface area contributed by atoms with Crippen LogP contribution >= 0.6 is 11.6 Å². The van der Waals surface area contributed by atoms with Crippen LogP contribution in [0.25, 0.3) is 0 Å². The van der Waals surface area contributed by atoms with Crippen molar-refractivity contribution in [2.24, 2.45) is 0 Å². The summed E-state index contributed by atoms with van der Waals surface area (Å²) in [6, 6.07) is 9.69. The zero-order valence-corrected chi connectivity index (χ0v) is 15.2. The Hall–Kier alpha value is -1.83. The van der Waals surface area contributed by atoms with Crippen LogP contribution in [0.1, 0.15) is 12.8 Å². The molecule has 1 fully saturated rings. The highest BCUT2D eigenvalue weighted by Gasteiger charge is 2.27. The second kappa shape index (κ2) is 7.59. The van der Waals surface area contributed by atoms with Gasteiger partial charge in [0.2, 0.25) is 10.0 Å². The molecule has 1 saturated heterocycles. The number of nitrogens with zero attached hydrogens (tertiary/aromatic N) is 2. The number of rotatable bonds is 6. The summed E-state index contributed by atoms with van der Waals surface area (Å²) in [6.07, 6.45) is 3.11. The summed E-state index contributed by atoms with van der Waals surface area (Å²) >= 11 is 6.02. The molecule has 8 heteroatoms. The van der Waals surface area contributed by atoms with E-state index in [4.69, 9.17) is 16.3 Å². The van der Waals surface area contributed by atoms with Gasteiger partial charge in [0.15, 0.2) is 0 Å².